The number of benzene rings is 3. The van der Waals surface area contributed by atoms with Crippen LogP contribution >= 0.6 is 0 Å². The summed E-state index contributed by atoms with van der Waals surface area (Å²) >= 11 is 0. The highest BCUT2D eigenvalue weighted by atomic mass is 32.2. The summed E-state index contributed by atoms with van der Waals surface area (Å²) in [6.07, 6.45) is 1.48. The summed E-state index contributed by atoms with van der Waals surface area (Å²) in [5, 5.41) is 2.92. The number of nitrogens with zero attached hydrogens (tertiary/aromatic N) is 1. The summed E-state index contributed by atoms with van der Waals surface area (Å²) in [7, 11) is -4.03. The van der Waals surface area contributed by atoms with E-state index in [1.807, 2.05) is 50.2 Å². The fourth-order valence-corrected chi connectivity index (χ4v) is 4.90. The van der Waals surface area contributed by atoms with Gasteiger partial charge in [0.15, 0.2) is 0 Å². The van der Waals surface area contributed by atoms with E-state index in [1.165, 1.54) is 12.1 Å². The van der Waals surface area contributed by atoms with Crippen LogP contribution in [0.4, 0.5) is 10.1 Å². The Hall–Kier alpha value is -3.03. The van der Waals surface area contributed by atoms with E-state index in [1.54, 1.807) is 12.1 Å². The van der Waals surface area contributed by atoms with Crippen molar-refractivity contribution in [3.05, 3.63) is 95.3 Å². The second-order valence-corrected chi connectivity index (χ2v) is 9.36. The van der Waals surface area contributed by atoms with Crippen LogP contribution in [0.2, 0.25) is 0 Å². The Labute approximate surface area is 188 Å². The molecule has 0 saturated carbocycles. The van der Waals surface area contributed by atoms with Gasteiger partial charge in [-0.15, -0.1) is 0 Å². The zero-order valence-electron chi connectivity index (χ0n) is 18.2. The maximum absolute atomic E-state index is 13.3. The summed E-state index contributed by atoms with van der Waals surface area (Å²) in [6, 6.07) is 19.5. The molecule has 7 heteroatoms. The van der Waals surface area contributed by atoms with Crippen molar-refractivity contribution in [1.29, 1.82) is 0 Å². The van der Waals surface area contributed by atoms with E-state index in [2.05, 4.69) is 5.32 Å². The van der Waals surface area contributed by atoms with Crippen molar-refractivity contribution in [2.24, 2.45) is 0 Å². The molecule has 0 fully saturated rings. The summed E-state index contributed by atoms with van der Waals surface area (Å²) in [4.78, 5) is 12.9. The van der Waals surface area contributed by atoms with Crippen molar-refractivity contribution in [2.45, 2.75) is 38.1 Å². The normalized spacial score (nSPS) is 11.5. The lowest BCUT2D eigenvalue weighted by Gasteiger charge is -2.23. The second-order valence-electron chi connectivity index (χ2n) is 7.42. The topological polar surface area (TPSA) is 66.5 Å². The molecule has 0 aliphatic carbocycles. The Bertz CT molecular complexity index is 1140. The molecule has 0 atom stereocenters. The zero-order chi connectivity index (χ0) is 23.1. The van der Waals surface area contributed by atoms with Crippen molar-refractivity contribution in [3.63, 3.8) is 0 Å². The van der Waals surface area contributed by atoms with E-state index in [0.29, 0.717) is 0 Å². The van der Waals surface area contributed by atoms with Crippen LogP contribution in [-0.2, 0) is 34.2 Å². The van der Waals surface area contributed by atoms with Crippen molar-refractivity contribution in [2.75, 3.05) is 11.9 Å². The largest absolute Gasteiger partial charge is 0.324 e. The first-order chi connectivity index (χ1) is 15.3. The number of hydrogen-bond acceptors (Lipinski definition) is 3. The van der Waals surface area contributed by atoms with Gasteiger partial charge in [-0.3, -0.25) is 4.79 Å². The predicted octanol–water partition coefficient (Wildman–Crippen LogP) is 4.78. The molecule has 3 rings (SSSR count). The number of hydrogen-bond donors (Lipinski definition) is 1. The third kappa shape index (κ3) is 5.60. The molecule has 0 heterocycles. The van der Waals surface area contributed by atoms with Gasteiger partial charge >= 0.3 is 0 Å². The fourth-order valence-electron chi connectivity index (χ4n) is 3.51. The molecule has 3 aromatic rings. The van der Waals surface area contributed by atoms with Crippen LogP contribution in [-0.4, -0.2) is 25.2 Å². The number of nitrogens with one attached hydrogen (secondary N) is 1. The molecule has 3 aromatic carbocycles. The van der Waals surface area contributed by atoms with Crippen LogP contribution < -0.4 is 5.32 Å². The third-order valence-corrected chi connectivity index (χ3v) is 7.04. The smallest absolute Gasteiger partial charge is 0.243 e. The number of carbonyl (C=O) groups is 1. The third-order valence-electron chi connectivity index (χ3n) is 5.24. The minimum atomic E-state index is -4.03. The maximum Gasteiger partial charge on any atom is 0.243 e. The van der Waals surface area contributed by atoms with Gasteiger partial charge in [-0.05, 0) is 53.8 Å². The molecule has 32 heavy (non-hydrogen) atoms. The van der Waals surface area contributed by atoms with Gasteiger partial charge in [0.1, 0.15) is 5.82 Å². The molecule has 1 amide bonds. The van der Waals surface area contributed by atoms with Crippen LogP contribution in [0.5, 0.6) is 0 Å². The zero-order valence-corrected chi connectivity index (χ0v) is 19.0. The second kappa shape index (κ2) is 10.5. The molecule has 0 aliphatic heterocycles. The van der Waals surface area contributed by atoms with E-state index in [9.17, 15) is 17.6 Å². The van der Waals surface area contributed by atoms with Gasteiger partial charge in [-0.1, -0.05) is 62.4 Å². The molecule has 1 N–H and O–H groups in total. The summed E-state index contributed by atoms with van der Waals surface area (Å²) < 4.78 is 41.1. The van der Waals surface area contributed by atoms with Crippen LogP contribution in [0.25, 0.3) is 0 Å². The quantitative estimate of drug-likeness (QED) is 0.506. The number of sulfonamides is 1. The Morgan fingerprint density at radius 2 is 1.47 bits per heavy atom. The molecule has 5 nitrogen and oxygen atoms in total. The Balaban J connectivity index is 1.91. The summed E-state index contributed by atoms with van der Waals surface area (Å²) in [5.74, 6) is -0.957. The summed E-state index contributed by atoms with van der Waals surface area (Å²) in [5.41, 5.74) is 3.47. The van der Waals surface area contributed by atoms with Gasteiger partial charge < -0.3 is 5.32 Å². The minimum Gasteiger partial charge on any atom is -0.324 e. The molecular formula is C25H27FN2O3S. The van der Waals surface area contributed by atoms with Gasteiger partial charge in [0, 0.05) is 12.2 Å². The summed E-state index contributed by atoms with van der Waals surface area (Å²) in [6.45, 7) is 3.66. The van der Waals surface area contributed by atoms with Crippen molar-refractivity contribution in [3.8, 4) is 0 Å². The first-order valence-corrected chi connectivity index (χ1v) is 12.0. The monoisotopic (exact) mass is 454 g/mol. The molecule has 0 spiro atoms. The van der Waals surface area contributed by atoms with Gasteiger partial charge in [-0.25, -0.2) is 12.8 Å². The van der Waals surface area contributed by atoms with E-state index in [0.717, 1.165) is 51.7 Å². The van der Waals surface area contributed by atoms with Crippen LogP contribution in [0, 0.1) is 5.82 Å². The minimum absolute atomic E-state index is 0.0179. The maximum atomic E-state index is 13.3. The van der Waals surface area contributed by atoms with Crippen LogP contribution in [0.1, 0.15) is 30.5 Å². The number of halogens is 1. The van der Waals surface area contributed by atoms with Crippen molar-refractivity contribution >= 4 is 21.6 Å². The molecule has 0 bridgehead atoms. The van der Waals surface area contributed by atoms with Gasteiger partial charge in [0.25, 0.3) is 0 Å². The number of para-hydroxylation sites is 1. The van der Waals surface area contributed by atoms with Gasteiger partial charge in [0.05, 0.1) is 11.4 Å². The van der Waals surface area contributed by atoms with E-state index in [-0.39, 0.29) is 18.0 Å². The first-order valence-electron chi connectivity index (χ1n) is 10.6. The predicted molar refractivity (Wildman–Crippen MR) is 124 cm³/mol. The van der Waals surface area contributed by atoms with E-state index >= 15 is 0 Å². The lowest BCUT2D eigenvalue weighted by Crippen LogP contribution is -2.37. The van der Waals surface area contributed by atoms with Gasteiger partial charge in [-0.2, -0.15) is 4.31 Å². The standard InChI is InChI=1S/C25H27FN2O3S/c1-3-20-11-8-12-21(4-2)25(20)27-24(29)18-28(17-19-9-6-5-7-10-19)32(30,31)23-15-13-22(26)14-16-23/h5-16H,3-4,17-18H2,1-2H3,(H,27,29). The lowest BCUT2D eigenvalue weighted by molar-refractivity contribution is -0.116. The van der Waals surface area contributed by atoms with E-state index in [4.69, 9.17) is 0 Å². The average molecular weight is 455 g/mol. The number of carbonyl (C=O) groups excluding carboxylic acids is 1. The van der Waals surface area contributed by atoms with E-state index < -0.39 is 21.7 Å². The molecule has 0 aliphatic rings. The number of anilines is 1. The van der Waals surface area contributed by atoms with Crippen LogP contribution in [0.15, 0.2) is 77.7 Å². The SMILES string of the molecule is CCc1cccc(CC)c1NC(=O)CN(Cc1ccccc1)S(=O)(=O)c1ccc(F)cc1. The first kappa shape index (κ1) is 23.6. The molecule has 168 valence electrons. The highest BCUT2D eigenvalue weighted by Gasteiger charge is 2.27. The fraction of sp³-hybridized carbons (Fsp3) is 0.240. The molecule has 0 saturated heterocycles. The number of amides is 1. The Morgan fingerprint density at radius 3 is 2.03 bits per heavy atom. The molecule has 0 aromatic heterocycles. The van der Waals surface area contributed by atoms with Crippen molar-refractivity contribution in [1.82, 2.24) is 4.31 Å². The average Bonchev–Trinajstić information content (AvgIpc) is 2.79. The number of rotatable bonds is 9. The lowest BCUT2D eigenvalue weighted by atomic mass is 10.0. The van der Waals surface area contributed by atoms with Crippen LogP contribution in [0.3, 0.4) is 0 Å². The highest BCUT2D eigenvalue weighted by molar-refractivity contribution is 7.89. The Morgan fingerprint density at radius 1 is 0.875 bits per heavy atom. The highest BCUT2D eigenvalue weighted by Crippen LogP contribution is 2.24. The number of aryl methyl sites for hydroxylation is 2. The molecule has 0 unspecified atom stereocenters. The van der Waals surface area contributed by atoms with Gasteiger partial charge in [0.2, 0.25) is 15.9 Å². The van der Waals surface area contributed by atoms with Crippen molar-refractivity contribution < 1.29 is 17.6 Å². The molecular weight excluding hydrogens is 427 g/mol. The molecule has 0 radical (unpaired) electrons. The Kier molecular flexibility index (Phi) is 7.77.